The number of guanidine groups is 1. The summed E-state index contributed by atoms with van der Waals surface area (Å²) in [6.45, 7) is 0.283. The fraction of sp³-hybridized carbons (Fsp3) is 0.529. The van der Waals surface area contributed by atoms with E-state index < -0.39 is 48.3 Å². The molecule has 0 fully saturated rings. The monoisotopic (exact) mass is 440 g/mol. The van der Waals surface area contributed by atoms with Crippen LogP contribution in [0.4, 0.5) is 0 Å². The largest absolute Gasteiger partial charge is 0.481 e. The van der Waals surface area contributed by atoms with Crippen LogP contribution in [0.15, 0.2) is 17.5 Å². The summed E-state index contributed by atoms with van der Waals surface area (Å²) >= 11 is 0. The Hall–Kier alpha value is -3.68. The first kappa shape index (κ1) is 25.4. The topological polar surface area (TPSA) is 252 Å². The number of carbonyl (C=O) groups excluding carboxylic acids is 2. The number of rotatable bonds is 14. The average molecular weight is 440 g/mol. The molecule has 1 aromatic rings. The van der Waals surface area contributed by atoms with E-state index in [4.69, 9.17) is 22.3 Å². The average Bonchev–Trinajstić information content (AvgIpc) is 3.20. The summed E-state index contributed by atoms with van der Waals surface area (Å²) in [7, 11) is 0. The Labute approximate surface area is 177 Å². The fourth-order valence-electron chi connectivity index (χ4n) is 2.55. The van der Waals surface area contributed by atoms with E-state index >= 15 is 0 Å². The molecule has 0 spiro atoms. The van der Waals surface area contributed by atoms with Crippen LogP contribution < -0.4 is 27.8 Å². The zero-order chi connectivity index (χ0) is 23.4. The van der Waals surface area contributed by atoms with Crippen LogP contribution >= 0.6 is 0 Å². The lowest BCUT2D eigenvalue weighted by atomic mass is 10.1. The van der Waals surface area contributed by atoms with Crippen molar-refractivity contribution in [3.8, 4) is 0 Å². The minimum absolute atomic E-state index is 0.0104. The second-order valence-corrected chi connectivity index (χ2v) is 6.73. The Bertz CT molecular complexity index is 778. The Morgan fingerprint density at radius 3 is 2.32 bits per heavy atom. The molecule has 14 heteroatoms. The standard InChI is InChI=1S/C17H28N8O6/c18-10(2-1-5-22-17(19)20)14(28)25-12(6-9-7-21-8-23-9)15(29)24-11(16(30)31)3-4-13(26)27/h7-8,10-12H,1-6,18H2,(H,21,23)(H,24,29)(H,25,28)(H,26,27)(H,30,31)(H4,19,20,22). The number of hydrogen-bond acceptors (Lipinski definition) is 7. The number of aliphatic imine (C=N–C) groups is 1. The normalized spacial score (nSPS) is 13.5. The summed E-state index contributed by atoms with van der Waals surface area (Å²) in [4.78, 5) is 57.6. The Kier molecular flexibility index (Phi) is 10.5. The van der Waals surface area contributed by atoms with Crippen molar-refractivity contribution < 1.29 is 29.4 Å². The zero-order valence-corrected chi connectivity index (χ0v) is 16.8. The molecule has 0 aliphatic carbocycles. The van der Waals surface area contributed by atoms with E-state index in [0.29, 0.717) is 12.1 Å². The lowest BCUT2D eigenvalue weighted by Gasteiger charge is -2.22. The van der Waals surface area contributed by atoms with Gasteiger partial charge < -0.3 is 43.0 Å². The van der Waals surface area contributed by atoms with Crippen molar-refractivity contribution in [3.05, 3.63) is 18.2 Å². The van der Waals surface area contributed by atoms with Gasteiger partial charge in [-0.15, -0.1) is 0 Å². The number of hydrogen-bond donors (Lipinski definition) is 8. The number of H-pyrrole nitrogens is 1. The number of nitrogens with two attached hydrogens (primary N) is 3. The summed E-state index contributed by atoms with van der Waals surface area (Å²) in [6, 6.07) is -3.55. The van der Waals surface area contributed by atoms with E-state index in [9.17, 15) is 24.3 Å². The molecule has 31 heavy (non-hydrogen) atoms. The van der Waals surface area contributed by atoms with E-state index in [1.165, 1.54) is 12.5 Å². The minimum Gasteiger partial charge on any atom is -0.481 e. The lowest BCUT2D eigenvalue weighted by molar-refractivity contribution is -0.143. The highest BCUT2D eigenvalue weighted by Crippen LogP contribution is 2.04. The predicted octanol–water partition coefficient (Wildman–Crippen LogP) is -2.75. The molecule has 3 unspecified atom stereocenters. The van der Waals surface area contributed by atoms with Gasteiger partial charge in [-0.2, -0.15) is 0 Å². The Morgan fingerprint density at radius 1 is 1.10 bits per heavy atom. The molecule has 11 N–H and O–H groups in total. The number of amides is 2. The summed E-state index contributed by atoms with van der Waals surface area (Å²) < 4.78 is 0. The molecule has 3 atom stereocenters. The molecule has 1 rings (SSSR count). The van der Waals surface area contributed by atoms with Gasteiger partial charge in [0.05, 0.1) is 12.4 Å². The number of aromatic nitrogens is 2. The van der Waals surface area contributed by atoms with E-state index in [0.717, 1.165) is 0 Å². The maximum absolute atomic E-state index is 12.7. The third kappa shape index (κ3) is 10.1. The first-order chi connectivity index (χ1) is 14.6. The van der Waals surface area contributed by atoms with Crippen LogP contribution in [0.5, 0.6) is 0 Å². The molecule has 0 aliphatic rings. The number of aromatic amines is 1. The molecule has 0 aliphatic heterocycles. The molecular formula is C17H28N8O6. The number of nitrogens with one attached hydrogen (secondary N) is 3. The van der Waals surface area contributed by atoms with Gasteiger partial charge in [-0.25, -0.2) is 9.78 Å². The van der Waals surface area contributed by atoms with Crippen LogP contribution in [-0.2, 0) is 25.6 Å². The molecule has 0 radical (unpaired) electrons. The smallest absolute Gasteiger partial charge is 0.326 e. The molecule has 172 valence electrons. The molecule has 0 saturated heterocycles. The third-order valence-electron chi connectivity index (χ3n) is 4.18. The van der Waals surface area contributed by atoms with E-state index in [-0.39, 0.29) is 31.8 Å². The summed E-state index contributed by atoms with van der Waals surface area (Å²) in [6.07, 6.45) is 2.73. The van der Waals surface area contributed by atoms with E-state index in [1.54, 1.807) is 0 Å². The van der Waals surface area contributed by atoms with E-state index in [2.05, 4.69) is 25.6 Å². The molecular weight excluding hydrogens is 412 g/mol. The van der Waals surface area contributed by atoms with Crippen LogP contribution in [0.3, 0.4) is 0 Å². The van der Waals surface area contributed by atoms with Crippen molar-refractivity contribution in [2.75, 3.05) is 6.54 Å². The fourth-order valence-corrected chi connectivity index (χ4v) is 2.55. The number of carbonyl (C=O) groups is 4. The molecule has 14 nitrogen and oxygen atoms in total. The van der Waals surface area contributed by atoms with Gasteiger partial charge >= 0.3 is 11.9 Å². The molecule has 2 amide bonds. The van der Waals surface area contributed by atoms with Crippen LogP contribution in [0.1, 0.15) is 31.4 Å². The van der Waals surface area contributed by atoms with Crippen molar-refractivity contribution in [2.24, 2.45) is 22.2 Å². The van der Waals surface area contributed by atoms with Gasteiger partial charge in [0.1, 0.15) is 12.1 Å². The number of aliphatic carboxylic acids is 2. The summed E-state index contributed by atoms with van der Waals surface area (Å²) in [5, 5.41) is 22.7. The van der Waals surface area contributed by atoms with Crippen molar-refractivity contribution in [2.45, 2.75) is 50.2 Å². The van der Waals surface area contributed by atoms with Gasteiger partial charge in [-0.1, -0.05) is 0 Å². The van der Waals surface area contributed by atoms with Gasteiger partial charge in [0.25, 0.3) is 0 Å². The van der Waals surface area contributed by atoms with Gasteiger partial charge in [0.2, 0.25) is 11.8 Å². The van der Waals surface area contributed by atoms with Gasteiger partial charge in [-0.3, -0.25) is 19.4 Å². The van der Waals surface area contributed by atoms with E-state index in [1.807, 2.05) is 0 Å². The third-order valence-corrected chi connectivity index (χ3v) is 4.18. The van der Waals surface area contributed by atoms with Crippen LogP contribution in [0.2, 0.25) is 0 Å². The summed E-state index contributed by atoms with van der Waals surface area (Å²) in [5.74, 6) is -4.09. The van der Waals surface area contributed by atoms with Gasteiger partial charge in [0.15, 0.2) is 5.96 Å². The molecule has 0 aromatic carbocycles. The second kappa shape index (κ2) is 12.8. The quantitative estimate of drug-likeness (QED) is 0.0840. The second-order valence-electron chi connectivity index (χ2n) is 6.73. The first-order valence-corrected chi connectivity index (χ1v) is 9.43. The van der Waals surface area contributed by atoms with Crippen molar-refractivity contribution in [3.63, 3.8) is 0 Å². The van der Waals surface area contributed by atoms with Crippen LogP contribution in [-0.4, -0.2) is 74.6 Å². The molecule has 1 aromatic heterocycles. The maximum Gasteiger partial charge on any atom is 0.326 e. The predicted molar refractivity (Wildman–Crippen MR) is 109 cm³/mol. The van der Waals surface area contributed by atoms with Gasteiger partial charge in [0, 0.05) is 31.3 Å². The zero-order valence-electron chi connectivity index (χ0n) is 16.8. The highest BCUT2D eigenvalue weighted by Gasteiger charge is 2.28. The first-order valence-electron chi connectivity index (χ1n) is 9.43. The van der Waals surface area contributed by atoms with Gasteiger partial charge in [-0.05, 0) is 19.3 Å². The van der Waals surface area contributed by atoms with Crippen LogP contribution in [0, 0.1) is 0 Å². The molecule has 0 saturated carbocycles. The Balaban J connectivity index is 2.79. The molecule has 1 heterocycles. The lowest BCUT2D eigenvalue weighted by Crippen LogP contribution is -2.55. The number of carboxylic acids is 2. The highest BCUT2D eigenvalue weighted by molar-refractivity contribution is 5.92. The molecule has 0 bridgehead atoms. The Morgan fingerprint density at radius 2 is 1.77 bits per heavy atom. The minimum atomic E-state index is -1.43. The maximum atomic E-state index is 12.7. The van der Waals surface area contributed by atoms with Crippen molar-refractivity contribution >= 4 is 29.7 Å². The van der Waals surface area contributed by atoms with Crippen molar-refractivity contribution in [1.29, 1.82) is 0 Å². The SMILES string of the molecule is NC(N)=NCCCC(N)C(=O)NC(Cc1cnc[nH]1)C(=O)NC(CCC(=O)O)C(=O)O. The highest BCUT2D eigenvalue weighted by atomic mass is 16.4. The number of imidazole rings is 1. The van der Waals surface area contributed by atoms with Crippen LogP contribution in [0.25, 0.3) is 0 Å². The van der Waals surface area contributed by atoms with Crippen molar-refractivity contribution in [1.82, 2.24) is 20.6 Å². The number of nitrogens with zero attached hydrogens (tertiary/aromatic N) is 2. The summed E-state index contributed by atoms with van der Waals surface area (Å²) in [5.41, 5.74) is 16.8. The number of carboxylic acid groups (broad SMARTS) is 2.